The van der Waals surface area contributed by atoms with E-state index in [1.54, 1.807) is 0 Å². The number of aromatic nitrogens is 2. The highest BCUT2D eigenvalue weighted by molar-refractivity contribution is 5.73. The van der Waals surface area contributed by atoms with Crippen LogP contribution in [0.2, 0.25) is 0 Å². The van der Waals surface area contributed by atoms with Crippen LogP contribution < -0.4 is 5.73 Å². The summed E-state index contributed by atoms with van der Waals surface area (Å²) in [7, 11) is 0. The zero-order chi connectivity index (χ0) is 10.7. The molecule has 0 aliphatic rings. The molecule has 3 nitrogen and oxygen atoms in total. The zero-order valence-corrected chi connectivity index (χ0v) is 8.85. The Morgan fingerprint density at radius 3 is 2.73 bits per heavy atom. The Balaban J connectivity index is 2.38. The van der Waals surface area contributed by atoms with Crippen molar-refractivity contribution < 1.29 is 0 Å². The van der Waals surface area contributed by atoms with Crippen LogP contribution in [0, 0.1) is 0 Å². The third-order valence-corrected chi connectivity index (χ3v) is 2.57. The number of benzene rings is 1. The fourth-order valence-corrected chi connectivity index (χ4v) is 1.61. The molecule has 0 spiro atoms. The van der Waals surface area contributed by atoms with E-state index in [2.05, 4.69) is 16.9 Å². The zero-order valence-electron chi connectivity index (χ0n) is 8.85. The molecular weight excluding hydrogens is 186 g/mol. The first-order valence-corrected chi connectivity index (χ1v) is 5.23. The van der Waals surface area contributed by atoms with Gasteiger partial charge in [-0.25, -0.2) is 4.98 Å². The van der Waals surface area contributed by atoms with Gasteiger partial charge < -0.3 is 5.73 Å². The summed E-state index contributed by atoms with van der Waals surface area (Å²) in [6.45, 7) is 2.82. The molecule has 0 saturated heterocycles. The van der Waals surface area contributed by atoms with Crippen molar-refractivity contribution in [3.05, 3.63) is 36.2 Å². The molecule has 0 bridgehead atoms. The summed E-state index contributed by atoms with van der Waals surface area (Å²) in [4.78, 5) is 8.96. The Hall–Kier alpha value is -1.48. The molecule has 1 unspecified atom stereocenters. The monoisotopic (exact) mass is 201 g/mol. The van der Waals surface area contributed by atoms with Gasteiger partial charge in [-0.2, -0.15) is 0 Å². The smallest absolute Gasteiger partial charge is 0.0890 e. The lowest BCUT2D eigenvalue weighted by molar-refractivity contribution is 0.670. The summed E-state index contributed by atoms with van der Waals surface area (Å²) in [5, 5.41) is 0. The molecule has 78 valence electrons. The second-order valence-electron chi connectivity index (χ2n) is 3.76. The predicted molar refractivity (Wildman–Crippen MR) is 61.6 cm³/mol. The van der Waals surface area contributed by atoms with Gasteiger partial charge in [-0.05, 0) is 25.1 Å². The van der Waals surface area contributed by atoms with Gasteiger partial charge in [0.15, 0.2) is 0 Å². The van der Waals surface area contributed by atoms with Crippen molar-refractivity contribution in [3.8, 4) is 0 Å². The standard InChI is InChI=1S/C12H15N3/c1-9(6-7-13)12-8-14-10-4-2-3-5-11(10)15-12/h2-5,8-9H,6-7,13H2,1H3. The molecule has 2 rings (SSSR count). The Morgan fingerprint density at radius 2 is 2.00 bits per heavy atom. The first kappa shape index (κ1) is 10.1. The summed E-state index contributed by atoms with van der Waals surface area (Å²) in [6, 6.07) is 7.91. The van der Waals surface area contributed by atoms with Gasteiger partial charge >= 0.3 is 0 Å². The minimum Gasteiger partial charge on any atom is -0.330 e. The Labute approximate surface area is 89.4 Å². The van der Waals surface area contributed by atoms with Crippen LogP contribution in [0.25, 0.3) is 11.0 Å². The molecule has 0 fully saturated rings. The number of para-hydroxylation sites is 2. The van der Waals surface area contributed by atoms with Crippen molar-refractivity contribution in [1.82, 2.24) is 9.97 Å². The van der Waals surface area contributed by atoms with E-state index in [9.17, 15) is 0 Å². The molecule has 1 atom stereocenters. The average molecular weight is 201 g/mol. The molecule has 0 amide bonds. The van der Waals surface area contributed by atoms with Crippen molar-refractivity contribution in [1.29, 1.82) is 0 Å². The lowest BCUT2D eigenvalue weighted by Gasteiger charge is -2.09. The highest BCUT2D eigenvalue weighted by Gasteiger charge is 2.07. The average Bonchev–Trinajstić information content (AvgIpc) is 2.29. The molecule has 3 heteroatoms. The van der Waals surface area contributed by atoms with Crippen molar-refractivity contribution in [2.75, 3.05) is 6.54 Å². The first-order chi connectivity index (χ1) is 7.31. The maximum Gasteiger partial charge on any atom is 0.0890 e. The Morgan fingerprint density at radius 1 is 1.27 bits per heavy atom. The predicted octanol–water partition coefficient (Wildman–Crippen LogP) is 2.08. The van der Waals surface area contributed by atoms with E-state index >= 15 is 0 Å². The van der Waals surface area contributed by atoms with Gasteiger partial charge in [0, 0.05) is 12.1 Å². The molecule has 2 aromatic rings. The second-order valence-corrected chi connectivity index (χ2v) is 3.76. The molecule has 0 radical (unpaired) electrons. The molecule has 0 aliphatic heterocycles. The number of hydrogen-bond donors (Lipinski definition) is 1. The minimum absolute atomic E-state index is 0.382. The molecule has 1 heterocycles. The van der Waals surface area contributed by atoms with Crippen LogP contribution in [0.5, 0.6) is 0 Å². The number of fused-ring (bicyclic) bond motifs is 1. The molecule has 0 saturated carbocycles. The van der Waals surface area contributed by atoms with Gasteiger partial charge in [0.05, 0.1) is 16.7 Å². The van der Waals surface area contributed by atoms with Crippen LogP contribution >= 0.6 is 0 Å². The quantitative estimate of drug-likeness (QED) is 0.827. The summed E-state index contributed by atoms with van der Waals surface area (Å²) in [5.74, 6) is 0.382. The van der Waals surface area contributed by atoms with Crippen LogP contribution in [-0.4, -0.2) is 16.5 Å². The fourth-order valence-electron chi connectivity index (χ4n) is 1.61. The maximum atomic E-state index is 5.53. The van der Waals surface area contributed by atoms with E-state index in [0.717, 1.165) is 23.1 Å². The van der Waals surface area contributed by atoms with Gasteiger partial charge in [-0.3, -0.25) is 4.98 Å². The maximum absolute atomic E-state index is 5.53. The lowest BCUT2D eigenvalue weighted by Crippen LogP contribution is -2.06. The lowest BCUT2D eigenvalue weighted by atomic mass is 10.0. The van der Waals surface area contributed by atoms with Crippen LogP contribution in [0.3, 0.4) is 0 Å². The molecule has 15 heavy (non-hydrogen) atoms. The van der Waals surface area contributed by atoms with Gasteiger partial charge in [0.2, 0.25) is 0 Å². The normalized spacial score (nSPS) is 12.9. The summed E-state index contributed by atoms with van der Waals surface area (Å²) >= 11 is 0. The minimum atomic E-state index is 0.382. The van der Waals surface area contributed by atoms with E-state index in [1.165, 1.54) is 0 Å². The Kier molecular flexibility index (Phi) is 2.92. The number of nitrogens with zero attached hydrogens (tertiary/aromatic N) is 2. The van der Waals surface area contributed by atoms with Gasteiger partial charge in [0.25, 0.3) is 0 Å². The van der Waals surface area contributed by atoms with E-state index in [0.29, 0.717) is 12.5 Å². The topological polar surface area (TPSA) is 51.8 Å². The highest BCUT2D eigenvalue weighted by atomic mass is 14.8. The van der Waals surface area contributed by atoms with Crippen LogP contribution in [0.15, 0.2) is 30.5 Å². The molecule has 2 N–H and O–H groups in total. The largest absolute Gasteiger partial charge is 0.330 e. The molecule has 1 aromatic heterocycles. The molecule has 0 aliphatic carbocycles. The number of nitrogens with two attached hydrogens (primary N) is 1. The third-order valence-electron chi connectivity index (χ3n) is 2.57. The van der Waals surface area contributed by atoms with Gasteiger partial charge in [-0.1, -0.05) is 19.1 Å². The second kappa shape index (κ2) is 4.36. The van der Waals surface area contributed by atoms with Crippen molar-refractivity contribution in [3.63, 3.8) is 0 Å². The Bertz CT molecular complexity index is 453. The summed E-state index contributed by atoms with van der Waals surface area (Å²) in [6.07, 6.45) is 2.80. The summed E-state index contributed by atoms with van der Waals surface area (Å²) < 4.78 is 0. The van der Waals surface area contributed by atoms with E-state index in [-0.39, 0.29) is 0 Å². The fraction of sp³-hybridized carbons (Fsp3) is 0.333. The SMILES string of the molecule is CC(CCN)c1cnc2ccccc2n1. The third kappa shape index (κ3) is 2.13. The van der Waals surface area contributed by atoms with Gasteiger partial charge in [0.1, 0.15) is 0 Å². The molecule has 1 aromatic carbocycles. The van der Waals surface area contributed by atoms with Crippen LogP contribution in [0.4, 0.5) is 0 Å². The van der Waals surface area contributed by atoms with Crippen LogP contribution in [-0.2, 0) is 0 Å². The van der Waals surface area contributed by atoms with Gasteiger partial charge in [-0.15, -0.1) is 0 Å². The van der Waals surface area contributed by atoms with Crippen molar-refractivity contribution in [2.45, 2.75) is 19.3 Å². The molecular formula is C12H15N3. The van der Waals surface area contributed by atoms with Crippen molar-refractivity contribution in [2.24, 2.45) is 5.73 Å². The van der Waals surface area contributed by atoms with E-state index in [4.69, 9.17) is 5.73 Å². The van der Waals surface area contributed by atoms with Crippen LogP contribution in [0.1, 0.15) is 25.0 Å². The highest BCUT2D eigenvalue weighted by Crippen LogP contribution is 2.17. The number of rotatable bonds is 3. The summed E-state index contributed by atoms with van der Waals surface area (Å²) in [5.41, 5.74) is 8.46. The van der Waals surface area contributed by atoms with E-state index in [1.807, 2.05) is 30.5 Å². The van der Waals surface area contributed by atoms with Crippen molar-refractivity contribution >= 4 is 11.0 Å². The number of hydrogen-bond acceptors (Lipinski definition) is 3. The van der Waals surface area contributed by atoms with E-state index < -0.39 is 0 Å². The first-order valence-electron chi connectivity index (χ1n) is 5.23.